The SMILES string of the molecule is COC(=O)CC[C@H](C)[C@@H]1CC[C@@H]2[C@@H]3CC[C@@H]4C[C@H](OC(C)=O)CC[C@]4(C)[C@@H]3[C@H](Br)C(=O)[C@@]21C. The number of methoxy groups -OCH3 is 1. The van der Waals surface area contributed by atoms with Crippen molar-refractivity contribution in [2.45, 2.75) is 96.4 Å². The van der Waals surface area contributed by atoms with Gasteiger partial charge in [-0.25, -0.2) is 0 Å². The molecule has 4 aliphatic carbocycles. The van der Waals surface area contributed by atoms with Crippen LogP contribution in [0.5, 0.6) is 0 Å². The molecule has 0 unspecified atom stereocenters. The van der Waals surface area contributed by atoms with Gasteiger partial charge in [-0.1, -0.05) is 36.7 Å². The second-order valence-corrected chi connectivity index (χ2v) is 12.9. The molecule has 33 heavy (non-hydrogen) atoms. The minimum Gasteiger partial charge on any atom is -0.469 e. The topological polar surface area (TPSA) is 69.7 Å². The Morgan fingerprint density at radius 2 is 1.88 bits per heavy atom. The summed E-state index contributed by atoms with van der Waals surface area (Å²) in [6.07, 6.45) is 8.62. The Morgan fingerprint density at radius 3 is 2.55 bits per heavy atom. The van der Waals surface area contributed by atoms with E-state index >= 15 is 0 Å². The summed E-state index contributed by atoms with van der Waals surface area (Å²) in [5.41, 5.74) is -0.206. The second-order valence-electron chi connectivity index (χ2n) is 11.9. The van der Waals surface area contributed by atoms with Crippen LogP contribution in [0.15, 0.2) is 0 Å². The quantitative estimate of drug-likeness (QED) is 0.339. The van der Waals surface area contributed by atoms with Gasteiger partial charge in [-0.05, 0) is 92.3 Å². The van der Waals surface area contributed by atoms with Crippen LogP contribution in [0.4, 0.5) is 0 Å². The zero-order chi connectivity index (χ0) is 24.1. The minimum atomic E-state index is -0.316. The van der Waals surface area contributed by atoms with Crippen molar-refractivity contribution in [3.63, 3.8) is 0 Å². The van der Waals surface area contributed by atoms with E-state index in [0.29, 0.717) is 47.7 Å². The van der Waals surface area contributed by atoms with E-state index in [0.717, 1.165) is 44.9 Å². The van der Waals surface area contributed by atoms with Crippen LogP contribution in [0, 0.1) is 46.3 Å². The van der Waals surface area contributed by atoms with Gasteiger partial charge < -0.3 is 9.47 Å². The molecule has 4 saturated carbocycles. The van der Waals surface area contributed by atoms with Crippen LogP contribution in [-0.4, -0.2) is 35.8 Å². The molecular formula is C27H41BrO5. The molecule has 0 aromatic heterocycles. The first kappa shape index (κ1) is 25.2. The van der Waals surface area contributed by atoms with Crippen LogP contribution >= 0.6 is 15.9 Å². The molecule has 0 bridgehead atoms. The summed E-state index contributed by atoms with van der Waals surface area (Å²) < 4.78 is 10.4. The van der Waals surface area contributed by atoms with E-state index in [4.69, 9.17) is 9.47 Å². The molecule has 6 heteroatoms. The molecule has 186 valence electrons. The van der Waals surface area contributed by atoms with Crippen molar-refractivity contribution < 1.29 is 23.9 Å². The van der Waals surface area contributed by atoms with Crippen LogP contribution in [-0.2, 0) is 23.9 Å². The third kappa shape index (κ3) is 4.10. The van der Waals surface area contributed by atoms with Gasteiger partial charge in [0.15, 0.2) is 5.78 Å². The first-order chi connectivity index (χ1) is 15.5. The second kappa shape index (κ2) is 9.28. The Balaban J connectivity index is 1.55. The molecule has 4 rings (SSSR count). The van der Waals surface area contributed by atoms with Crippen LogP contribution in [0.3, 0.4) is 0 Å². The van der Waals surface area contributed by atoms with Gasteiger partial charge in [-0.15, -0.1) is 0 Å². The third-order valence-electron chi connectivity index (χ3n) is 10.5. The monoisotopic (exact) mass is 524 g/mol. The molecule has 0 saturated heterocycles. The van der Waals surface area contributed by atoms with Gasteiger partial charge in [0.1, 0.15) is 6.10 Å². The van der Waals surface area contributed by atoms with Crippen molar-refractivity contribution in [2.24, 2.45) is 46.3 Å². The number of esters is 2. The van der Waals surface area contributed by atoms with Gasteiger partial charge in [0.25, 0.3) is 0 Å². The standard InChI is InChI=1S/C27H41BrO5/c1-15(6-11-22(30)32-5)20-9-10-21-19-8-7-17-14-18(33-16(2)29)12-13-26(17,3)23(19)24(28)25(31)27(20,21)4/h15,17-21,23-24H,6-14H2,1-5H3/t15-,17+,18+,19-,20-,21+,23-,24-,26-,27+/m0/s1. The number of ether oxygens (including phenoxy) is 2. The highest BCUT2D eigenvalue weighted by Crippen LogP contribution is 2.68. The van der Waals surface area contributed by atoms with E-state index in [-0.39, 0.29) is 33.7 Å². The van der Waals surface area contributed by atoms with E-state index in [1.165, 1.54) is 20.5 Å². The average molecular weight is 526 g/mol. The Kier molecular flexibility index (Phi) is 7.08. The molecule has 0 aromatic carbocycles. The smallest absolute Gasteiger partial charge is 0.305 e. The average Bonchev–Trinajstić information content (AvgIpc) is 3.13. The summed E-state index contributed by atoms with van der Waals surface area (Å²) in [6.45, 7) is 8.37. The summed E-state index contributed by atoms with van der Waals surface area (Å²) in [7, 11) is 1.44. The van der Waals surface area contributed by atoms with Crippen LogP contribution in [0.1, 0.15) is 85.5 Å². The zero-order valence-corrected chi connectivity index (χ0v) is 22.5. The maximum absolute atomic E-state index is 14.1. The molecule has 0 amide bonds. The van der Waals surface area contributed by atoms with Gasteiger partial charge in [0.2, 0.25) is 0 Å². The highest BCUT2D eigenvalue weighted by Gasteiger charge is 2.66. The number of carbonyl (C=O) groups excluding carboxylic acids is 3. The maximum Gasteiger partial charge on any atom is 0.305 e. The van der Waals surface area contributed by atoms with Gasteiger partial charge >= 0.3 is 11.9 Å². The van der Waals surface area contributed by atoms with Crippen molar-refractivity contribution in [3.05, 3.63) is 0 Å². The lowest BCUT2D eigenvalue weighted by molar-refractivity contribution is -0.165. The van der Waals surface area contributed by atoms with Gasteiger partial charge in [0, 0.05) is 18.8 Å². The van der Waals surface area contributed by atoms with Crippen molar-refractivity contribution >= 4 is 33.7 Å². The summed E-state index contributed by atoms with van der Waals surface area (Å²) >= 11 is 3.96. The molecule has 0 heterocycles. The van der Waals surface area contributed by atoms with Crippen molar-refractivity contribution in [3.8, 4) is 0 Å². The highest BCUT2D eigenvalue weighted by atomic mass is 79.9. The number of Topliss-reactive ketones (excluding diaryl/α,β-unsaturated/α-hetero) is 1. The van der Waals surface area contributed by atoms with E-state index in [9.17, 15) is 14.4 Å². The molecule has 0 radical (unpaired) electrons. The number of fused-ring (bicyclic) bond motifs is 5. The Labute approximate surface area is 207 Å². The number of rotatable bonds is 5. The molecule has 0 aromatic rings. The van der Waals surface area contributed by atoms with Gasteiger partial charge in [0.05, 0.1) is 11.9 Å². The van der Waals surface area contributed by atoms with E-state index in [2.05, 4.69) is 36.7 Å². The van der Waals surface area contributed by atoms with Crippen LogP contribution in [0.2, 0.25) is 0 Å². The summed E-state index contributed by atoms with van der Waals surface area (Å²) in [4.78, 5) is 37.2. The number of halogens is 1. The van der Waals surface area contributed by atoms with Crippen LogP contribution in [0.25, 0.3) is 0 Å². The summed E-state index contributed by atoms with van der Waals surface area (Å²) in [5.74, 6) is 2.54. The molecule has 10 atom stereocenters. The number of ketones is 1. The molecule has 0 aliphatic heterocycles. The van der Waals surface area contributed by atoms with E-state index in [1.54, 1.807) is 0 Å². The van der Waals surface area contributed by atoms with Crippen molar-refractivity contribution in [2.75, 3.05) is 7.11 Å². The number of carbonyl (C=O) groups is 3. The predicted octanol–water partition coefficient (Wildman–Crippen LogP) is 5.72. The number of hydrogen-bond acceptors (Lipinski definition) is 5. The third-order valence-corrected chi connectivity index (χ3v) is 11.5. The Morgan fingerprint density at radius 1 is 1.15 bits per heavy atom. The first-order valence-corrected chi connectivity index (χ1v) is 13.9. The number of alkyl halides is 1. The van der Waals surface area contributed by atoms with Crippen LogP contribution < -0.4 is 0 Å². The normalized spacial score (nSPS) is 45.4. The fraction of sp³-hybridized carbons (Fsp3) is 0.889. The zero-order valence-electron chi connectivity index (χ0n) is 20.9. The molecule has 0 N–H and O–H groups in total. The lowest BCUT2D eigenvalue weighted by Gasteiger charge is -2.62. The largest absolute Gasteiger partial charge is 0.469 e. The summed E-state index contributed by atoms with van der Waals surface area (Å²) in [6, 6.07) is 0. The van der Waals surface area contributed by atoms with Crippen molar-refractivity contribution in [1.82, 2.24) is 0 Å². The van der Waals surface area contributed by atoms with Crippen molar-refractivity contribution in [1.29, 1.82) is 0 Å². The highest BCUT2D eigenvalue weighted by molar-refractivity contribution is 9.10. The lowest BCUT2D eigenvalue weighted by Crippen LogP contribution is -2.62. The fourth-order valence-corrected chi connectivity index (χ4v) is 10.4. The fourth-order valence-electron chi connectivity index (χ4n) is 8.92. The molecular weight excluding hydrogens is 484 g/mol. The van der Waals surface area contributed by atoms with Gasteiger partial charge in [-0.2, -0.15) is 0 Å². The first-order valence-electron chi connectivity index (χ1n) is 13.0. The maximum atomic E-state index is 14.1. The lowest BCUT2D eigenvalue weighted by atomic mass is 9.44. The van der Waals surface area contributed by atoms with Gasteiger partial charge in [-0.3, -0.25) is 14.4 Å². The molecule has 5 nitrogen and oxygen atoms in total. The summed E-state index contributed by atoms with van der Waals surface area (Å²) in [5, 5.41) is 0. The number of hydrogen-bond donors (Lipinski definition) is 0. The molecule has 4 aliphatic rings. The molecule has 4 fully saturated rings. The Hall–Kier alpha value is -0.910. The predicted molar refractivity (Wildman–Crippen MR) is 130 cm³/mol. The van der Waals surface area contributed by atoms with E-state index in [1.807, 2.05) is 0 Å². The minimum absolute atomic E-state index is 0.0296. The Bertz CT molecular complexity index is 797. The molecule has 0 spiro atoms. The van der Waals surface area contributed by atoms with E-state index < -0.39 is 0 Å².